The molecule has 7 nitrogen and oxygen atoms in total. The standard InChI is InChI=1S/C20H20FN3O4S/c1-3-4-5-16-23-19(25)17(20(26)24-16)29(27,28)14-8-6-13(7-9-14)15-10-11-22-18(21)12(15)2/h6-11H,3-5H2,1-2H3,(H2,23,24,25,26). The van der Waals surface area contributed by atoms with Gasteiger partial charge >= 0.3 is 0 Å². The molecule has 0 unspecified atom stereocenters. The third-order valence-electron chi connectivity index (χ3n) is 4.56. The number of aromatic amines is 1. The number of aryl methyl sites for hydroxylation is 1. The van der Waals surface area contributed by atoms with E-state index in [1.54, 1.807) is 13.0 Å². The minimum absolute atomic E-state index is 0.183. The number of nitrogens with one attached hydrogen (secondary N) is 1. The second-order valence-electron chi connectivity index (χ2n) is 6.57. The molecule has 2 heterocycles. The molecular weight excluding hydrogens is 397 g/mol. The zero-order valence-electron chi connectivity index (χ0n) is 15.9. The lowest BCUT2D eigenvalue weighted by atomic mass is 10.0. The highest BCUT2D eigenvalue weighted by molar-refractivity contribution is 7.91. The second kappa shape index (κ2) is 8.12. The Hall–Kier alpha value is -3.07. The summed E-state index contributed by atoms with van der Waals surface area (Å²) in [5.41, 5.74) is 0.491. The van der Waals surface area contributed by atoms with Gasteiger partial charge in [0.1, 0.15) is 5.82 Å². The molecule has 9 heteroatoms. The van der Waals surface area contributed by atoms with Gasteiger partial charge in [0.15, 0.2) is 4.90 Å². The fourth-order valence-electron chi connectivity index (χ4n) is 2.96. The molecule has 2 aromatic heterocycles. The van der Waals surface area contributed by atoms with Crippen LogP contribution in [-0.4, -0.2) is 28.5 Å². The van der Waals surface area contributed by atoms with Crippen molar-refractivity contribution in [2.75, 3.05) is 0 Å². The maximum atomic E-state index is 13.7. The van der Waals surface area contributed by atoms with E-state index in [0.29, 0.717) is 23.1 Å². The first kappa shape index (κ1) is 20.7. The van der Waals surface area contributed by atoms with Gasteiger partial charge in [-0.05, 0) is 42.7 Å². The normalized spacial score (nSPS) is 11.6. The molecule has 3 aromatic rings. The molecule has 3 rings (SSSR count). The van der Waals surface area contributed by atoms with Gasteiger partial charge < -0.3 is 10.1 Å². The summed E-state index contributed by atoms with van der Waals surface area (Å²) in [5.74, 6) is -1.10. The number of sulfone groups is 1. The van der Waals surface area contributed by atoms with Gasteiger partial charge in [0.05, 0.1) is 4.90 Å². The zero-order valence-corrected chi connectivity index (χ0v) is 16.8. The van der Waals surface area contributed by atoms with Gasteiger partial charge in [-0.25, -0.2) is 13.4 Å². The molecular formula is C20H20FN3O4S. The fraction of sp³-hybridized carbons (Fsp3) is 0.250. The number of hydrogen-bond acceptors (Lipinski definition) is 6. The van der Waals surface area contributed by atoms with Crippen LogP contribution in [0.5, 0.6) is 5.88 Å². The van der Waals surface area contributed by atoms with Crippen LogP contribution in [0.3, 0.4) is 0 Å². The van der Waals surface area contributed by atoms with E-state index in [1.165, 1.54) is 30.5 Å². The van der Waals surface area contributed by atoms with Crippen LogP contribution in [0.4, 0.5) is 4.39 Å². The molecule has 0 aliphatic heterocycles. The van der Waals surface area contributed by atoms with Crippen LogP contribution in [0.15, 0.2) is 51.1 Å². The number of unbranched alkanes of at least 4 members (excludes halogenated alkanes) is 1. The van der Waals surface area contributed by atoms with E-state index >= 15 is 0 Å². The lowest BCUT2D eigenvalue weighted by Crippen LogP contribution is -2.21. The van der Waals surface area contributed by atoms with Crippen molar-refractivity contribution in [3.63, 3.8) is 0 Å². The van der Waals surface area contributed by atoms with Crippen molar-refractivity contribution in [2.45, 2.75) is 42.9 Å². The smallest absolute Gasteiger partial charge is 0.296 e. The van der Waals surface area contributed by atoms with E-state index < -0.39 is 32.1 Å². The van der Waals surface area contributed by atoms with Gasteiger partial charge in [-0.2, -0.15) is 9.37 Å². The third-order valence-corrected chi connectivity index (χ3v) is 6.36. The molecule has 0 saturated carbocycles. The number of hydrogen-bond donors (Lipinski definition) is 2. The summed E-state index contributed by atoms with van der Waals surface area (Å²) in [5, 5.41) is 10.1. The van der Waals surface area contributed by atoms with Gasteiger partial charge in [-0.1, -0.05) is 25.5 Å². The summed E-state index contributed by atoms with van der Waals surface area (Å²) >= 11 is 0. The Morgan fingerprint density at radius 2 is 1.86 bits per heavy atom. The van der Waals surface area contributed by atoms with E-state index in [0.717, 1.165) is 12.8 Å². The van der Waals surface area contributed by atoms with Crippen LogP contribution < -0.4 is 5.56 Å². The van der Waals surface area contributed by atoms with Crippen LogP contribution in [0.1, 0.15) is 31.2 Å². The van der Waals surface area contributed by atoms with Gasteiger partial charge in [0.2, 0.25) is 21.7 Å². The van der Waals surface area contributed by atoms with Crippen LogP contribution >= 0.6 is 0 Å². The highest BCUT2D eigenvalue weighted by Gasteiger charge is 2.27. The molecule has 0 fully saturated rings. The van der Waals surface area contributed by atoms with Gasteiger partial charge in [0, 0.05) is 18.2 Å². The molecule has 0 amide bonds. The molecule has 0 spiro atoms. The third kappa shape index (κ3) is 4.04. The largest absolute Gasteiger partial charge is 0.493 e. The molecule has 0 bridgehead atoms. The quantitative estimate of drug-likeness (QED) is 0.596. The molecule has 0 radical (unpaired) electrons. The number of H-pyrrole nitrogens is 1. The zero-order chi connectivity index (χ0) is 21.2. The number of pyridine rings is 1. The molecule has 152 valence electrons. The van der Waals surface area contributed by atoms with Gasteiger partial charge in [-0.15, -0.1) is 0 Å². The summed E-state index contributed by atoms with van der Waals surface area (Å²) in [6.07, 6.45) is 3.35. The molecule has 0 atom stereocenters. The lowest BCUT2D eigenvalue weighted by molar-refractivity contribution is 0.428. The fourth-order valence-corrected chi connectivity index (χ4v) is 4.27. The van der Waals surface area contributed by atoms with Crippen LogP contribution in [0.25, 0.3) is 11.1 Å². The van der Waals surface area contributed by atoms with E-state index in [2.05, 4.69) is 15.0 Å². The molecule has 0 saturated heterocycles. The summed E-state index contributed by atoms with van der Waals surface area (Å²) in [6, 6.07) is 7.22. The summed E-state index contributed by atoms with van der Waals surface area (Å²) in [7, 11) is -4.30. The van der Waals surface area contributed by atoms with E-state index in [4.69, 9.17) is 0 Å². The van der Waals surface area contributed by atoms with Crippen molar-refractivity contribution in [1.29, 1.82) is 0 Å². The maximum Gasteiger partial charge on any atom is 0.296 e. The predicted molar refractivity (Wildman–Crippen MR) is 105 cm³/mol. The summed E-state index contributed by atoms with van der Waals surface area (Å²) in [4.78, 5) is 21.1. The maximum absolute atomic E-state index is 13.7. The first-order valence-corrected chi connectivity index (χ1v) is 10.5. The van der Waals surface area contributed by atoms with Gasteiger partial charge in [-0.3, -0.25) is 4.79 Å². The Morgan fingerprint density at radius 3 is 2.48 bits per heavy atom. The van der Waals surface area contributed by atoms with E-state index in [9.17, 15) is 22.7 Å². The highest BCUT2D eigenvalue weighted by Crippen LogP contribution is 2.28. The average molecular weight is 417 g/mol. The van der Waals surface area contributed by atoms with Crippen molar-refractivity contribution >= 4 is 9.84 Å². The van der Waals surface area contributed by atoms with Crippen molar-refractivity contribution < 1.29 is 17.9 Å². The van der Waals surface area contributed by atoms with Crippen molar-refractivity contribution in [2.24, 2.45) is 0 Å². The van der Waals surface area contributed by atoms with Crippen LogP contribution in [0.2, 0.25) is 0 Å². The molecule has 29 heavy (non-hydrogen) atoms. The number of benzene rings is 1. The predicted octanol–water partition coefficient (Wildman–Crippen LogP) is 3.16. The molecule has 0 aliphatic carbocycles. The average Bonchev–Trinajstić information content (AvgIpc) is 2.68. The first-order chi connectivity index (χ1) is 13.8. The Balaban J connectivity index is 2.00. The first-order valence-electron chi connectivity index (χ1n) is 9.04. The minimum atomic E-state index is -4.30. The van der Waals surface area contributed by atoms with E-state index in [1.807, 2.05) is 6.92 Å². The Kier molecular flexibility index (Phi) is 5.78. The number of halogens is 1. The lowest BCUT2D eigenvalue weighted by Gasteiger charge is -2.09. The highest BCUT2D eigenvalue weighted by atomic mass is 32.2. The molecule has 1 aromatic carbocycles. The van der Waals surface area contributed by atoms with Gasteiger partial charge in [0.25, 0.3) is 5.56 Å². The summed E-state index contributed by atoms with van der Waals surface area (Å²) in [6.45, 7) is 3.54. The Morgan fingerprint density at radius 1 is 1.17 bits per heavy atom. The number of aromatic nitrogens is 3. The second-order valence-corrected chi connectivity index (χ2v) is 8.46. The number of aromatic hydroxyl groups is 1. The Bertz CT molecular complexity index is 1210. The van der Waals surface area contributed by atoms with Crippen molar-refractivity contribution in [1.82, 2.24) is 15.0 Å². The number of nitrogens with zero attached hydrogens (tertiary/aromatic N) is 2. The van der Waals surface area contributed by atoms with Crippen LogP contribution in [-0.2, 0) is 16.3 Å². The van der Waals surface area contributed by atoms with Crippen LogP contribution in [0, 0.1) is 12.9 Å². The monoisotopic (exact) mass is 417 g/mol. The number of rotatable bonds is 6. The SMILES string of the molecule is CCCCc1nc(=O)c(S(=O)(=O)c2ccc(-c3ccnc(F)c3C)cc2)c(O)[nH]1. The minimum Gasteiger partial charge on any atom is -0.493 e. The van der Waals surface area contributed by atoms with E-state index in [-0.39, 0.29) is 10.7 Å². The molecule has 0 aliphatic rings. The molecule has 2 N–H and O–H groups in total. The van der Waals surface area contributed by atoms with Crippen molar-refractivity contribution in [3.05, 3.63) is 64.2 Å². The Labute approximate surface area is 167 Å². The topological polar surface area (TPSA) is 113 Å². The summed E-state index contributed by atoms with van der Waals surface area (Å²) < 4.78 is 39.4. The van der Waals surface area contributed by atoms with Crippen molar-refractivity contribution in [3.8, 4) is 17.0 Å².